The van der Waals surface area contributed by atoms with Crippen LogP contribution < -0.4 is 5.32 Å². The summed E-state index contributed by atoms with van der Waals surface area (Å²) >= 11 is 0. The smallest absolute Gasteiger partial charge is 0.220 e. The van der Waals surface area contributed by atoms with E-state index in [1.807, 2.05) is 0 Å². The van der Waals surface area contributed by atoms with Gasteiger partial charge in [-0.05, 0) is 37.3 Å². The largest absolute Gasteiger partial charge is 0.467 e. The molecule has 1 saturated carbocycles. The number of carbonyl (C=O) groups excluding carboxylic acids is 1. The molecular weight excluding hydrogens is 230 g/mol. The number of rotatable bonds is 6. The summed E-state index contributed by atoms with van der Waals surface area (Å²) in [6.07, 6.45) is 6.92. The Morgan fingerprint density at radius 1 is 1.50 bits per heavy atom. The summed E-state index contributed by atoms with van der Waals surface area (Å²) < 4.78 is 5.10. The lowest BCUT2D eigenvalue weighted by Gasteiger charge is -2.11. The number of amides is 1. The van der Waals surface area contributed by atoms with Crippen molar-refractivity contribution < 1.29 is 14.3 Å². The molecule has 0 aliphatic heterocycles. The summed E-state index contributed by atoms with van der Waals surface area (Å²) in [4.78, 5) is 11.7. The van der Waals surface area contributed by atoms with E-state index >= 15 is 0 Å². The van der Waals surface area contributed by atoms with E-state index in [1.165, 1.54) is 31.9 Å². The van der Waals surface area contributed by atoms with Crippen LogP contribution in [0, 0.1) is 5.92 Å². The zero-order valence-electron chi connectivity index (χ0n) is 10.6. The van der Waals surface area contributed by atoms with E-state index in [2.05, 4.69) is 5.32 Å². The molecule has 1 heterocycles. The maximum absolute atomic E-state index is 11.7. The summed E-state index contributed by atoms with van der Waals surface area (Å²) in [5, 5.41) is 12.6. The molecule has 0 aromatic carbocycles. The van der Waals surface area contributed by atoms with Gasteiger partial charge in [0, 0.05) is 13.0 Å². The fraction of sp³-hybridized carbons (Fsp3) is 0.643. The topological polar surface area (TPSA) is 62.5 Å². The molecule has 1 fully saturated rings. The van der Waals surface area contributed by atoms with Crippen molar-refractivity contribution in [2.75, 3.05) is 6.54 Å². The monoisotopic (exact) mass is 251 g/mol. The third kappa shape index (κ3) is 3.88. The second-order valence-electron chi connectivity index (χ2n) is 5.02. The lowest BCUT2D eigenvalue weighted by atomic mass is 10.0. The summed E-state index contributed by atoms with van der Waals surface area (Å²) in [5.41, 5.74) is 0. The van der Waals surface area contributed by atoms with Gasteiger partial charge in [0.05, 0.1) is 6.26 Å². The average molecular weight is 251 g/mol. The molecular formula is C14H21NO3. The van der Waals surface area contributed by atoms with Gasteiger partial charge in [-0.1, -0.05) is 12.8 Å². The Kier molecular flexibility index (Phi) is 4.81. The van der Waals surface area contributed by atoms with Crippen LogP contribution in [0.15, 0.2) is 22.8 Å². The number of aliphatic hydroxyl groups is 1. The summed E-state index contributed by atoms with van der Waals surface area (Å²) in [6.45, 7) is 0.493. The van der Waals surface area contributed by atoms with Gasteiger partial charge in [-0.15, -0.1) is 0 Å². The Bertz CT molecular complexity index is 355. The molecule has 0 saturated heterocycles. The fourth-order valence-electron chi connectivity index (χ4n) is 2.52. The molecule has 0 radical (unpaired) electrons. The quantitative estimate of drug-likeness (QED) is 0.816. The highest BCUT2D eigenvalue weighted by molar-refractivity contribution is 5.76. The van der Waals surface area contributed by atoms with E-state index in [0.717, 1.165) is 0 Å². The lowest BCUT2D eigenvalue weighted by Crippen LogP contribution is -2.27. The molecule has 4 nitrogen and oxygen atoms in total. The van der Waals surface area contributed by atoms with Gasteiger partial charge in [0.1, 0.15) is 11.9 Å². The lowest BCUT2D eigenvalue weighted by molar-refractivity contribution is -0.122. The zero-order chi connectivity index (χ0) is 12.8. The minimum Gasteiger partial charge on any atom is -0.467 e. The Morgan fingerprint density at radius 2 is 2.28 bits per heavy atom. The van der Waals surface area contributed by atoms with E-state index in [4.69, 9.17) is 4.42 Å². The normalized spacial score (nSPS) is 17.8. The van der Waals surface area contributed by atoms with E-state index < -0.39 is 6.10 Å². The highest BCUT2D eigenvalue weighted by Gasteiger charge is 2.18. The van der Waals surface area contributed by atoms with Crippen molar-refractivity contribution in [2.45, 2.75) is 44.6 Å². The Morgan fingerprint density at radius 3 is 2.94 bits per heavy atom. The van der Waals surface area contributed by atoms with Gasteiger partial charge in [-0.3, -0.25) is 4.79 Å². The minimum atomic E-state index is -0.633. The SMILES string of the molecule is O=C(CC1CCCC1)NCCC(O)c1ccco1. The zero-order valence-corrected chi connectivity index (χ0v) is 10.6. The summed E-state index contributed by atoms with van der Waals surface area (Å²) in [5.74, 6) is 1.23. The molecule has 1 aliphatic rings. The Labute approximate surface area is 107 Å². The third-order valence-corrected chi connectivity index (χ3v) is 3.56. The van der Waals surface area contributed by atoms with Crippen LogP contribution in [0.2, 0.25) is 0 Å². The van der Waals surface area contributed by atoms with Gasteiger partial charge in [0.2, 0.25) is 5.91 Å². The van der Waals surface area contributed by atoms with Crippen LogP contribution in [0.5, 0.6) is 0 Å². The number of nitrogens with one attached hydrogen (secondary N) is 1. The molecule has 1 aromatic heterocycles. The molecule has 4 heteroatoms. The van der Waals surface area contributed by atoms with Crippen molar-refractivity contribution in [2.24, 2.45) is 5.92 Å². The van der Waals surface area contributed by atoms with Crippen LogP contribution in [-0.2, 0) is 4.79 Å². The van der Waals surface area contributed by atoms with Crippen LogP contribution >= 0.6 is 0 Å². The van der Waals surface area contributed by atoms with Crippen molar-refractivity contribution >= 4 is 5.91 Å². The number of carbonyl (C=O) groups is 1. The molecule has 1 unspecified atom stereocenters. The fourth-order valence-corrected chi connectivity index (χ4v) is 2.52. The first-order valence-corrected chi connectivity index (χ1v) is 6.74. The van der Waals surface area contributed by atoms with E-state index in [9.17, 15) is 9.90 Å². The van der Waals surface area contributed by atoms with Gasteiger partial charge in [0.15, 0.2) is 0 Å². The van der Waals surface area contributed by atoms with E-state index in [-0.39, 0.29) is 5.91 Å². The predicted molar refractivity (Wildman–Crippen MR) is 67.9 cm³/mol. The van der Waals surface area contributed by atoms with Crippen molar-refractivity contribution in [3.8, 4) is 0 Å². The van der Waals surface area contributed by atoms with Crippen molar-refractivity contribution in [3.63, 3.8) is 0 Å². The first kappa shape index (κ1) is 13.1. The van der Waals surface area contributed by atoms with Crippen molar-refractivity contribution in [1.82, 2.24) is 5.32 Å². The van der Waals surface area contributed by atoms with Crippen LogP contribution in [0.25, 0.3) is 0 Å². The second kappa shape index (κ2) is 6.59. The predicted octanol–water partition coefficient (Wildman–Crippen LogP) is 2.40. The minimum absolute atomic E-state index is 0.105. The second-order valence-corrected chi connectivity index (χ2v) is 5.02. The van der Waals surface area contributed by atoms with Crippen LogP contribution in [0.1, 0.15) is 50.4 Å². The molecule has 100 valence electrons. The molecule has 2 rings (SSSR count). The molecule has 18 heavy (non-hydrogen) atoms. The average Bonchev–Trinajstić information content (AvgIpc) is 3.00. The van der Waals surface area contributed by atoms with Crippen LogP contribution in [0.4, 0.5) is 0 Å². The molecule has 0 bridgehead atoms. The number of hydrogen-bond acceptors (Lipinski definition) is 3. The summed E-state index contributed by atoms with van der Waals surface area (Å²) in [7, 11) is 0. The molecule has 2 N–H and O–H groups in total. The first-order chi connectivity index (χ1) is 8.75. The van der Waals surface area contributed by atoms with Crippen LogP contribution in [-0.4, -0.2) is 17.6 Å². The molecule has 1 aliphatic carbocycles. The van der Waals surface area contributed by atoms with E-state index in [1.54, 1.807) is 12.1 Å². The molecule has 1 aromatic rings. The van der Waals surface area contributed by atoms with Crippen LogP contribution in [0.3, 0.4) is 0 Å². The Hall–Kier alpha value is -1.29. The Balaban J connectivity index is 1.61. The van der Waals surface area contributed by atoms with Gasteiger partial charge in [-0.25, -0.2) is 0 Å². The highest BCUT2D eigenvalue weighted by atomic mass is 16.4. The molecule has 1 amide bonds. The maximum atomic E-state index is 11.7. The van der Waals surface area contributed by atoms with Gasteiger partial charge < -0.3 is 14.8 Å². The number of aliphatic hydroxyl groups excluding tert-OH is 1. The van der Waals surface area contributed by atoms with Crippen molar-refractivity contribution in [3.05, 3.63) is 24.2 Å². The first-order valence-electron chi connectivity index (χ1n) is 6.74. The van der Waals surface area contributed by atoms with Gasteiger partial charge in [0.25, 0.3) is 0 Å². The molecule has 1 atom stereocenters. The van der Waals surface area contributed by atoms with Gasteiger partial charge >= 0.3 is 0 Å². The number of hydrogen-bond donors (Lipinski definition) is 2. The maximum Gasteiger partial charge on any atom is 0.220 e. The van der Waals surface area contributed by atoms with E-state index in [0.29, 0.717) is 31.1 Å². The third-order valence-electron chi connectivity index (χ3n) is 3.56. The molecule has 0 spiro atoms. The van der Waals surface area contributed by atoms with Gasteiger partial charge in [-0.2, -0.15) is 0 Å². The standard InChI is InChI=1S/C14H21NO3/c16-12(13-6-3-9-18-13)7-8-15-14(17)10-11-4-1-2-5-11/h3,6,9,11-12,16H,1-2,4-5,7-8,10H2,(H,15,17). The number of furan rings is 1. The van der Waals surface area contributed by atoms with Crippen molar-refractivity contribution in [1.29, 1.82) is 0 Å². The summed E-state index contributed by atoms with van der Waals surface area (Å²) in [6, 6.07) is 3.49. The highest BCUT2D eigenvalue weighted by Crippen LogP contribution is 2.27.